The van der Waals surface area contributed by atoms with Gasteiger partial charge in [0.2, 0.25) is 0 Å². The third-order valence-corrected chi connectivity index (χ3v) is 4.22. The molecule has 2 aliphatic rings. The third-order valence-electron chi connectivity index (χ3n) is 4.22. The topological polar surface area (TPSA) is 40.6 Å². The number of aromatic nitrogens is 1. The van der Waals surface area contributed by atoms with Crippen LogP contribution in [0.5, 0.6) is 5.75 Å². The molecule has 1 aromatic heterocycles. The van der Waals surface area contributed by atoms with Crippen molar-refractivity contribution in [3.05, 3.63) is 59.4 Å². The van der Waals surface area contributed by atoms with Crippen molar-refractivity contribution >= 4 is 0 Å². The molecule has 1 aromatic carbocycles. The van der Waals surface area contributed by atoms with E-state index in [0.717, 1.165) is 24.2 Å². The molecule has 1 fully saturated rings. The minimum absolute atomic E-state index is 0.00450. The molecule has 0 amide bonds. The fraction of sp³-hybridized carbons (Fsp3) is 0.353. The van der Waals surface area contributed by atoms with Crippen LogP contribution in [0.1, 0.15) is 35.5 Å². The SMILES string of the molecule is COc1ccc2c(c1)CC[C@@H]1O[C@@H](c3cccnc3)O[C@@H]21. The van der Waals surface area contributed by atoms with Crippen molar-refractivity contribution in [1.82, 2.24) is 4.98 Å². The van der Waals surface area contributed by atoms with Gasteiger partial charge in [-0.2, -0.15) is 0 Å². The minimum Gasteiger partial charge on any atom is -0.497 e. The first-order valence-corrected chi connectivity index (χ1v) is 7.23. The van der Waals surface area contributed by atoms with Gasteiger partial charge in [0, 0.05) is 18.0 Å². The summed E-state index contributed by atoms with van der Waals surface area (Å²) in [6, 6.07) is 10.1. The lowest BCUT2D eigenvalue weighted by Gasteiger charge is -2.25. The largest absolute Gasteiger partial charge is 0.497 e. The average Bonchev–Trinajstić information content (AvgIpc) is 2.99. The number of aryl methyl sites for hydroxylation is 1. The van der Waals surface area contributed by atoms with Gasteiger partial charge in [-0.1, -0.05) is 12.1 Å². The van der Waals surface area contributed by atoms with E-state index in [1.165, 1.54) is 11.1 Å². The molecule has 108 valence electrons. The molecule has 1 aliphatic heterocycles. The molecule has 1 saturated heterocycles. The number of methoxy groups -OCH3 is 1. The Morgan fingerprint density at radius 2 is 2.19 bits per heavy atom. The van der Waals surface area contributed by atoms with Crippen molar-refractivity contribution in [2.75, 3.05) is 7.11 Å². The third kappa shape index (κ3) is 2.20. The van der Waals surface area contributed by atoms with Crippen molar-refractivity contribution in [2.24, 2.45) is 0 Å². The van der Waals surface area contributed by atoms with Crippen LogP contribution < -0.4 is 4.74 Å². The van der Waals surface area contributed by atoms with Gasteiger partial charge in [-0.3, -0.25) is 4.98 Å². The Morgan fingerprint density at radius 1 is 1.24 bits per heavy atom. The number of hydrogen-bond acceptors (Lipinski definition) is 4. The van der Waals surface area contributed by atoms with Gasteiger partial charge in [0.05, 0.1) is 13.2 Å². The van der Waals surface area contributed by atoms with Crippen LogP contribution in [0.2, 0.25) is 0 Å². The first-order chi connectivity index (χ1) is 10.3. The molecule has 0 radical (unpaired) electrons. The summed E-state index contributed by atoms with van der Waals surface area (Å²) in [7, 11) is 1.70. The molecule has 0 N–H and O–H groups in total. The molecular formula is C17H17NO3. The second-order valence-electron chi connectivity index (χ2n) is 5.45. The molecule has 4 rings (SSSR count). The Balaban J connectivity index is 1.63. The number of nitrogens with zero attached hydrogens (tertiary/aromatic N) is 1. The summed E-state index contributed by atoms with van der Waals surface area (Å²) in [5.41, 5.74) is 3.49. The number of rotatable bonds is 2. The molecule has 4 nitrogen and oxygen atoms in total. The van der Waals surface area contributed by atoms with Gasteiger partial charge in [0.15, 0.2) is 6.29 Å². The first kappa shape index (κ1) is 12.8. The standard InChI is InChI=1S/C17H17NO3/c1-19-13-5-6-14-11(9-13)4-7-15-16(14)21-17(20-15)12-3-2-8-18-10-12/h2-3,5-6,8-10,15-17H,4,7H2,1H3/t15-,16-,17+/m0/s1. The van der Waals surface area contributed by atoms with E-state index >= 15 is 0 Å². The lowest BCUT2D eigenvalue weighted by molar-refractivity contribution is -0.0692. The number of ether oxygens (including phenoxy) is 3. The fourth-order valence-electron chi connectivity index (χ4n) is 3.15. The van der Waals surface area contributed by atoms with Crippen molar-refractivity contribution < 1.29 is 14.2 Å². The maximum atomic E-state index is 6.15. The maximum Gasteiger partial charge on any atom is 0.186 e. The van der Waals surface area contributed by atoms with Crippen LogP contribution in [0.4, 0.5) is 0 Å². The van der Waals surface area contributed by atoms with Crippen LogP contribution in [0.25, 0.3) is 0 Å². The van der Waals surface area contributed by atoms with Crippen LogP contribution in [0, 0.1) is 0 Å². The maximum absolute atomic E-state index is 6.15. The Kier molecular flexibility index (Phi) is 3.13. The van der Waals surface area contributed by atoms with Gasteiger partial charge in [-0.05, 0) is 42.2 Å². The lowest BCUT2D eigenvalue weighted by atomic mass is 9.87. The normalized spacial score (nSPS) is 27.0. The van der Waals surface area contributed by atoms with Crippen molar-refractivity contribution in [2.45, 2.75) is 31.3 Å². The highest BCUT2D eigenvalue weighted by atomic mass is 16.7. The molecule has 0 unspecified atom stereocenters. The lowest BCUT2D eigenvalue weighted by Crippen LogP contribution is -2.22. The second kappa shape index (κ2) is 5.13. The summed E-state index contributed by atoms with van der Waals surface area (Å²) in [4.78, 5) is 4.14. The number of pyridine rings is 1. The van der Waals surface area contributed by atoms with E-state index in [1.807, 2.05) is 18.2 Å². The Hall–Kier alpha value is -1.91. The van der Waals surface area contributed by atoms with Gasteiger partial charge < -0.3 is 14.2 Å². The van der Waals surface area contributed by atoms with Gasteiger partial charge in [0.1, 0.15) is 11.9 Å². The van der Waals surface area contributed by atoms with Crippen LogP contribution >= 0.6 is 0 Å². The summed E-state index contributed by atoms with van der Waals surface area (Å²) in [5, 5.41) is 0. The van der Waals surface area contributed by atoms with Gasteiger partial charge in [0.25, 0.3) is 0 Å². The zero-order chi connectivity index (χ0) is 14.2. The molecule has 4 heteroatoms. The minimum atomic E-state index is -0.318. The predicted octanol–water partition coefficient (Wildman–Crippen LogP) is 3.19. The summed E-state index contributed by atoms with van der Waals surface area (Å²) in [6.07, 6.45) is 5.34. The van der Waals surface area contributed by atoms with E-state index in [1.54, 1.807) is 19.5 Å². The molecule has 3 atom stereocenters. The van der Waals surface area contributed by atoms with Gasteiger partial charge in [-0.25, -0.2) is 0 Å². The molecule has 0 bridgehead atoms. The number of fused-ring (bicyclic) bond motifs is 3. The Morgan fingerprint density at radius 3 is 3.00 bits per heavy atom. The molecule has 0 spiro atoms. The van der Waals surface area contributed by atoms with Crippen molar-refractivity contribution in [3.63, 3.8) is 0 Å². The first-order valence-electron chi connectivity index (χ1n) is 7.23. The Bertz CT molecular complexity index is 644. The molecule has 21 heavy (non-hydrogen) atoms. The van der Waals surface area contributed by atoms with Crippen LogP contribution in [0.3, 0.4) is 0 Å². The zero-order valence-electron chi connectivity index (χ0n) is 11.9. The highest BCUT2D eigenvalue weighted by Crippen LogP contribution is 2.45. The fourth-order valence-corrected chi connectivity index (χ4v) is 3.15. The van der Waals surface area contributed by atoms with Gasteiger partial charge >= 0.3 is 0 Å². The van der Waals surface area contributed by atoms with Crippen LogP contribution in [-0.2, 0) is 15.9 Å². The highest BCUT2D eigenvalue weighted by Gasteiger charge is 2.41. The Labute approximate surface area is 123 Å². The van der Waals surface area contributed by atoms with E-state index in [-0.39, 0.29) is 18.5 Å². The zero-order valence-corrected chi connectivity index (χ0v) is 11.9. The molecule has 2 aromatic rings. The van der Waals surface area contributed by atoms with E-state index in [0.29, 0.717) is 0 Å². The van der Waals surface area contributed by atoms with Crippen molar-refractivity contribution in [1.29, 1.82) is 0 Å². The molecule has 2 heterocycles. The van der Waals surface area contributed by atoms with Crippen LogP contribution in [-0.4, -0.2) is 18.2 Å². The van der Waals surface area contributed by atoms with Crippen molar-refractivity contribution in [3.8, 4) is 5.75 Å². The molecular weight excluding hydrogens is 266 g/mol. The molecule has 0 saturated carbocycles. The van der Waals surface area contributed by atoms with Crippen LogP contribution in [0.15, 0.2) is 42.7 Å². The van der Waals surface area contributed by atoms with E-state index in [4.69, 9.17) is 14.2 Å². The quantitative estimate of drug-likeness (QED) is 0.848. The molecule has 1 aliphatic carbocycles. The highest BCUT2D eigenvalue weighted by molar-refractivity contribution is 5.39. The van der Waals surface area contributed by atoms with E-state index < -0.39 is 0 Å². The summed E-state index contributed by atoms with van der Waals surface area (Å²) in [5.74, 6) is 0.898. The number of hydrogen-bond donors (Lipinski definition) is 0. The average molecular weight is 283 g/mol. The summed E-state index contributed by atoms with van der Waals surface area (Å²) in [6.45, 7) is 0. The van der Waals surface area contributed by atoms with E-state index in [9.17, 15) is 0 Å². The summed E-state index contributed by atoms with van der Waals surface area (Å²) < 4.78 is 17.5. The summed E-state index contributed by atoms with van der Waals surface area (Å²) >= 11 is 0. The number of benzene rings is 1. The van der Waals surface area contributed by atoms with E-state index in [2.05, 4.69) is 17.1 Å². The predicted molar refractivity (Wildman–Crippen MR) is 77.0 cm³/mol. The second-order valence-corrected chi connectivity index (χ2v) is 5.45. The van der Waals surface area contributed by atoms with Gasteiger partial charge in [-0.15, -0.1) is 0 Å². The smallest absolute Gasteiger partial charge is 0.186 e. The monoisotopic (exact) mass is 283 g/mol.